The highest BCUT2D eigenvalue weighted by Gasteiger charge is 2.40. The first-order valence-electron chi connectivity index (χ1n) is 15.8. The first-order valence-corrected chi connectivity index (χ1v) is 17.1. The highest BCUT2D eigenvalue weighted by Crippen LogP contribution is 2.30. The third-order valence-corrected chi connectivity index (χ3v) is 10.4. The summed E-state index contributed by atoms with van der Waals surface area (Å²) in [5.41, 5.74) is 0. The van der Waals surface area contributed by atoms with Crippen molar-refractivity contribution in [2.24, 2.45) is 5.92 Å². The summed E-state index contributed by atoms with van der Waals surface area (Å²) < 4.78 is 5.61. The molecule has 1 N–H and O–H groups in total. The normalized spacial score (nSPS) is 21.2. The number of ketones is 1. The predicted molar refractivity (Wildman–Crippen MR) is 167 cm³/mol. The number of thiophene rings is 1. The third kappa shape index (κ3) is 8.35. The maximum Gasteiger partial charge on any atom is 0.415 e. The van der Waals surface area contributed by atoms with Crippen molar-refractivity contribution < 1.29 is 19.1 Å². The fourth-order valence-corrected chi connectivity index (χ4v) is 7.68. The average molecular weight is 614 g/mol. The summed E-state index contributed by atoms with van der Waals surface area (Å²) in [6, 6.07) is 10.2. The van der Waals surface area contributed by atoms with Gasteiger partial charge in [-0.15, -0.1) is 11.3 Å². The number of hydrogen-bond acceptors (Lipinski definition) is 6. The number of Topliss-reactive ketones (excluding diaryl/α,β-unsaturated/α-hetero) is 1. The number of nitrogens with one attached hydrogen (secondary N) is 1. The van der Waals surface area contributed by atoms with Gasteiger partial charge in [0, 0.05) is 30.4 Å². The molecule has 9 heteroatoms. The number of hydrogen-bond donors (Lipinski definition) is 1. The fourth-order valence-electron chi connectivity index (χ4n) is 6.79. The van der Waals surface area contributed by atoms with Crippen molar-refractivity contribution in [2.45, 2.75) is 102 Å². The van der Waals surface area contributed by atoms with Crippen molar-refractivity contribution in [2.75, 3.05) is 19.6 Å². The Morgan fingerprint density at radius 3 is 2.40 bits per heavy atom. The van der Waals surface area contributed by atoms with E-state index in [0.29, 0.717) is 42.9 Å². The molecule has 2 saturated carbocycles. The van der Waals surface area contributed by atoms with Crippen LogP contribution in [0.1, 0.15) is 81.9 Å². The number of nitrogens with zero attached hydrogens (tertiary/aromatic N) is 2. The Morgan fingerprint density at radius 1 is 0.952 bits per heavy atom. The van der Waals surface area contributed by atoms with Crippen LogP contribution in [0.2, 0.25) is 5.02 Å². The molecular weight excluding hydrogens is 570 g/mol. The number of halogens is 1. The Bertz CT molecular complexity index is 1160. The molecule has 0 spiro atoms. The SMILES string of the molecule is O=C(CCc1cccs1)[C@@H]1CN(C(=O)Oc2ccccc2Cl)CCN1C(=O)[C@@H](CC1CCCCC1)NC1CCCCC1. The number of aryl methyl sites for hydroxylation is 1. The van der Waals surface area contributed by atoms with Crippen LogP contribution in [0.5, 0.6) is 5.75 Å². The Labute approximate surface area is 258 Å². The number of amides is 2. The zero-order chi connectivity index (χ0) is 29.3. The quantitative estimate of drug-likeness (QED) is 0.316. The van der Waals surface area contributed by atoms with Gasteiger partial charge in [0.05, 0.1) is 17.6 Å². The number of ether oxygens (including phenoxy) is 1. The van der Waals surface area contributed by atoms with Gasteiger partial charge in [-0.3, -0.25) is 9.59 Å². The topological polar surface area (TPSA) is 79.0 Å². The molecule has 2 heterocycles. The lowest BCUT2D eigenvalue weighted by atomic mass is 9.83. The maximum absolute atomic E-state index is 14.4. The summed E-state index contributed by atoms with van der Waals surface area (Å²) >= 11 is 7.86. The van der Waals surface area contributed by atoms with E-state index in [2.05, 4.69) is 5.32 Å². The number of piperazine rings is 1. The molecule has 2 aliphatic carbocycles. The van der Waals surface area contributed by atoms with Crippen molar-refractivity contribution in [3.8, 4) is 5.75 Å². The van der Waals surface area contributed by atoms with Gasteiger partial charge in [-0.2, -0.15) is 0 Å². The second-order valence-corrected chi connectivity index (χ2v) is 13.6. The van der Waals surface area contributed by atoms with Crippen molar-refractivity contribution in [1.82, 2.24) is 15.1 Å². The molecule has 0 unspecified atom stereocenters. The minimum Gasteiger partial charge on any atom is -0.409 e. The van der Waals surface area contributed by atoms with Crippen LogP contribution in [-0.4, -0.2) is 65.3 Å². The van der Waals surface area contributed by atoms with Crippen molar-refractivity contribution >= 4 is 40.7 Å². The molecule has 42 heavy (non-hydrogen) atoms. The van der Waals surface area contributed by atoms with E-state index >= 15 is 0 Å². The average Bonchev–Trinajstić information content (AvgIpc) is 3.55. The second-order valence-electron chi connectivity index (χ2n) is 12.1. The van der Waals surface area contributed by atoms with E-state index in [1.807, 2.05) is 17.5 Å². The third-order valence-electron chi connectivity index (χ3n) is 9.16. The number of benzene rings is 1. The van der Waals surface area contributed by atoms with Crippen LogP contribution in [0.3, 0.4) is 0 Å². The summed E-state index contributed by atoms with van der Waals surface area (Å²) in [7, 11) is 0. The largest absolute Gasteiger partial charge is 0.415 e. The lowest BCUT2D eigenvalue weighted by molar-refractivity contribution is -0.145. The lowest BCUT2D eigenvalue weighted by Gasteiger charge is -2.42. The van der Waals surface area contributed by atoms with Crippen LogP contribution < -0.4 is 10.1 Å². The van der Waals surface area contributed by atoms with Crippen LogP contribution in [0.4, 0.5) is 4.79 Å². The molecule has 7 nitrogen and oxygen atoms in total. The second kappa shape index (κ2) is 15.3. The molecule has 3 fully saturated rings. The monoisotopic (exact) mass is 613 g/mol. The molecule has 5 rings (SSSR count). The molecule has 228 valence electrons. The van der Waals surface area contributed by atoms with Crippen molar-refractivity contribution in [3.63, 3.8) is 0 Å². The van der Waals surface area contributed by atoms with E-state index in [1.165, 1.54) is 51.4 Å². The van der Waals surface area contributed by atoms with Gasteiger partial charge in [0.1, 0.15) is 6.04 Å². The number of carbonyl (C=O) groups is 3. The molecule has 2 aromatic rings. The van der Waals surface area contributed by atoms with Gasteiger partial charge >= 0.3 is 6.09 Å². The molecule has 3 aliphatic rings. The lowest BCUT2D eigenvalue weighted by Crippen LogP contribution is -2.63. The van der Waals surface area contributed by atoms with E-state index < -0.39 is 12.1 Å². The zero-order valence-electron chi connectivity index (χ0n) is 24.5. The predicted octanol–water partition coefficient (Wildman–Crippen LogP) is 6.88. The Morgan fingerprint density at radius 2 is 1.69 bits per heavy atom. The molecule has 2 amide bonds. The number of para-hydroxylation sites is 1. The summed E-state index contributed by atoms with van der Waals surface area (Å²) in [5, 5.41) is 6.13. The molecule has 0 radical (unpaired) electrons. The van der Waals surface area contributed by atoms with Gasteiger partial charge in [0.15, 0.2) is 11.5 Å². The van der Waals surface area contributed by atoms with Gasteiger partial charge in [-0.05, 0) is 55.2 Å². The molecule has 0 bridgehead atoms. The summed E-state index contributed by atoms with van der Waals surface area (Å²) in [4.78, 5) is 45.8. The van der Waals surface area contributed by atoms with Gasteiger partial charge in [-0.1, -0.05) is 81.2 Å². The van der Waals surface area contributed by atoms with E-state index in [4.69, 9.17) is 16.3 Å². The number of carbonyl (C=O) groups excluding carboxylic acids is 3. The minimum absolute atomic E-state index is 0.0129. The Kier molecular flexibility index (Phi) is 11.3. The van der Waals surface area contributed by atoms with Gasteiger partial charge in [0.2, 0.25) is 5.91 Å². The minimum atomic E-state index is -0.702. The standard InChI is InChI=1S/C33H44ClN3O4S/c34-27-15-7-8-16-31(27)41-33(40)36-19-20-37(29(23-36)30(38)18-17-26-14-9-21-42-26)32(39)28(22-24-10-3-1-4-11-24)35-25-12-5-2-6-13-25/h7-9,14-16,21,24-25,28-29,35H,1-6,10-13,17-20,22-23H2/t28-,29+/m1/s1. The van der Waals surface area contributed by atoms with Gasteiger partial charge < -0.3 is 19.9 Å². The van der Waals surface area contributed by atoms with Crippen LogP contribution in [0.25, 0.3) is 0 Å². The summed E-state index contributed by atoms with van der Waals surface area (Å²) in [5.74, 6) is 0.817. The molecule has 1 aromatic carbocycles. The Balaban J connectivity index is 1.32. The van der Waals surface area contributed by atoms with Crippen molar-refractivity contribution in [3.05, 3.63) is 51.7 Å². The Hall–Kier alpha value is -2.42. The van der Waals surface area contributed by atoms with E-state index in [0.717, 1.165) is 24.1 Å². The zero-order valence-corrected chi connectivity index (χ0v) is 26.1. The highest BCUT2D eigenvalue weighted by molar-refractivity contribution is 7.09. The fraction of sp³-hybridized carbons (Fsp3) is 0.606. The van der Waals surface area contributed by atoms with Crippen molar-refractivity contribution in [1.29, 1.82) is 0 Å². The van der Waals surface area contributed by atoms with Crippen LogP contribution in [0, 0.1) is 5.92 Å². The maximum atomic E-state index is 14.4. The molecule has 1 aromatic heterocycles. The molecule has 1 saturated heterocycles. The van der Waals surface area contributed by atoms with Gasteiger partial charge in [0.25, 0.3) is 0 Å². The molecular formula is C33H44ClN3O4S. The van der Waals surface area contributed by atoms with E-state index in [9.17, 15) is 14.4 Å². The number of rotatable bonds is 10. The van der Waals surface area contributed by atoms with E-state index in [1.54, 1.807) is 45.4 Å². The molecule has 1 aliphatic heterocycles. The van der Waals surface area contributed by atoms with Crippen LogP contribution in [-0.2, 0) is 16.0 Å². The first-order chi connectivity index (χ1) is 20.5. The van der Waals surface area contributed by atoms with E-state index in [-0.39, 0.29) is 30.0 Å². The molecule has 2 atom stereocenters. The van der Waals surface area contributed by atoms with Crippen LogP contribution >= 0.6 is 22.9 Å². The smallest absolute Gasteiger partial charge is 0.409 e. The summed E-state index contributed by atoms with van der Waals surface area (Å²) in [6.45, 7) is 0.737. The van der Waals surface area contributed by atoms with Crippen LogP contribution in [0.15, 0.2) is 41.8 Å². The van der Waals surface area contributed by atoms with Gasteiger partial charge in [-0.25, -0.2) is 4.79 Å². The first kappa shape index (κ1) is 31.0. The highest BCUT2D eigenvalue weighted by atomic mass is 35.5. The summed E-state index contributed by atoms with van der Waals surface area (Å²) in [6.07, 6.45) is 13.1.